The van der Waals surface area contributed by atoms with Crippen LogP contribution < -0.4 is 0 Å². The SMILES string of the molecule is Cc1ccc(-c2cc3c(s2)-c2cc4c(cc2C3C)-c2sc(-c3ccc(SC#N)cc3)cc2C4C)cc1. The third kappa shape index (κ3) is 3.27. The molecule has 3 aromatic carbocycles. The van der Waals surface area contributed by atoms with Crippen LogP contribution in [0.1, 0.15) is 53.5 Å². The number of rotatable bonds is 3. The lowest BCUT2D eigenvalue weighted by atomic mass is 9.93. The topological polar surface area (TPSA) is 23.8 Å². The summed E-state index contributed by atoms with van der Waals surface area (Å²) < 4.78 is 0. The van der Waals surface area contributed by atoms with E-state index in [0.717, 1.165) is 4.90 Å². The number of aryl methyl sites for hydroxylation is 1. The molecule has 2 aliphatic rings. The van der Waals surface area contributed by atoms with Gasteiger partial charge in [-0.15, -0.1) is 22.7 Å². The van der Waals surface area contributed by atoms with Crippen LogP contribution in [-0.2, 0) is 0 Å². The molecule has 0 saturated heterocycles. The summed E-state index contributed by atoms with van der Waals surface area (Å²) in [4.78, 5) is 6.55. The molecule has 0 N–H and O–H groups in total. The lowest BCUT2D eigenvalue weighted by Gasteiger charge is -2.12. The molecule has 0 spiro atoms. The van der Waals surface area contributed by atoms with Crippen molar-refractivity contribution in [1.29, 1.82) is 5.26 Å². The van der Waals surface area contributed by atoms with E-state index in [1.165, 1.54) is 81.3 Å². The van der Waals surface area contributed by atoms with Gasteiger partial charge >= 0.3 is 0 Å². The second kappa shape index (κ2) is 8.21. The molecular formula is C32H23NS3. The number of thiophene rings is 2. The fourth-order valence-corrected chi connectivity index (χ4v) is 8.67. The van der Waals surface area contributed by atoms with E-state index in [0.29, 0.717) is 11.8 Å². The Labute approximate surface area is 224 Å². The number of nitriles is 1. The first kappa shape index (κ1) is 22.1. The molecule has 0 fully saturated rings. The molecular weight excluding hydrogens is 495 g/mol. The summed E-state index contributed by atoms with van der Waals surface area (Å²) in [7, 11) is 0. The predicted octanol–water partition coefficient (Wildman–Crippen LogP) is 10.3. The van der Waals surface area contributed by atoms with Crippen LogP contribution in [0.2, 0.25) is 0 Å². The van der Waals surface area contributed by atoms with Crippen molar-refractivity contribution >= 4 is 34.4 Å². The van der Waals surface area contributed by atoms with Crippen molar-refractivity contribution in [2.75, 3.05) is 0 Å². The molecule has 2 aromatic heterocycles. The zero-order valence-electron chi connectivity index (χ0n) is 20.3. The van der Waals surface area contributed by atoms with Crippen LogP contribution in [0.4, 0.5) is 0 Å². The number of hydrogen-bond donors (Lipinski definition) is 0. The first-order valence-corrected chi connectivity index (χ1v) is 14.7. The van der Waals surface area contributed by atoms with Crippen LogP contribution in [0, 0.1) is 17.6 Å². The van der Waals surface area contributed by atoms with Crippen LogP contribution in [0.25, 0.3) is 41.8 Å². The maximum Gasteiger partial charge on any atom is 0.138 e. The van der Waals surface area contributed by atoms with E-state index >= 15 is 0 Å². The lowest BCUT2D eigenvalue weighted by Crippen LogP contribution is -1.93. The molecule has 2 aliphatic carbocycles. The second-order valence-electron chi connectivity index (χ2n) is 9.84. The Balaban J connectivity index is 1.28. The Morgan fingerprint density at radius 1 is 0.667 bits per heavy atom. The summed E-state index contributed by atoms with van der Waals surface area (Å²) in [5.74, 6) is 0.814. The summed E-state index contributed by atoms with van der Waals surface area (Å²) >= 11 is 5.06. The highest BCUT2D eigenvalue weighted by molar-refractivity contribution is 8.03. The Hall–Kier alpha value is -3.10. The van der Waals surface area contributed by atoms with Gasteiger partial charge in [0.15, 0.2) is 0 Å². The van der Waals surface area contributed by atoms with E-state index in [4.69, 9.17) is 5.26 Å². The Bertz CT molecular complexity index is 1690. The quantitative estimate of drug-likeness (QED) is 0.176. The predicted molar refractivity (Wildman–Crippen MR) is 155 cm³/mol. The maximum atomic E-state index is 8.93. The maximum absolute atomic E-state index is 8.93. The van der Waals surface area contributed by atoms with Crippen LogP contribution in [0.5, 0.6) is 0 Å². The Kier molecular flexibility index (Phi) is 5.05. The molecule has 1 nitrogen and oxygen atoms in total. The van der Waals surface area contributed by atoms with Gasteiger partial charge in [0.25, 0.3) is 0 Å². The second-order valence-corrected chi connectivity index (χ2v) is 12.8. The van der Waals surface area contributed by atoms with Gasteiger partial charge in [-0.2, -0.15) is 5.26 Å². The summed E-state index contributed by atoms with van der Waals surface area (Å²) in [5.41, 5.74) is 12.6. The van der Waals surface area contributed by atoms with Gasteiger partial charge in [-0.25, -0.2) is 0 Å². The number of thioether (sulfide) groups is 1. The minimum Gasteiger partial charge on any atom is -0.185 e. The van der Waals surface area contributed by atoms with Crippen LogP contribution in [0.15, 0.2) is 77.7 Å². The fraction of sp³-hybridized carbons (Fsp3) is 0.156. The van der Waals surface area contributed by atoms with Gasteiger partial charge in [-0.1, -0.05) is 55.8 Å². The van der Waals surface area contributed by atoms with Crippen molar-refractivity contribution in [2.24, 2.45) is 0 Å². The fourth-order valence-electron chi connectivity index (χ4n) is 5.69. The highest BCUT2D eigenvalue weighted by Crippen LogP contribution is 2.57. The molecule has 7 rings (SSSR count). The molecule has 0 radical (unpaired) electrons. The average Bonchev–Trinajstić information content (AvgIpc) is 3.63. The van der Waals surface area contributed by atoms with Crippen molar-refractivity contribution in [3.63, 3.8) is 0 Å². The minimum absolute atomic E-state index is 0.398. The van der Waals surface area contributed by atoms with Gasteiger partial charge in [0.2, 0.25) is 0 Å². The highest BCUT2D eigenvalue weighted by atomic mass is 32.2. The van der Waals surface area contributed by atoms with Crippen molar-refractivity contribution in [3.8, 4) is 47.2 Å². The Morgan fingerprint density at radius 2 is 1.14 bits per heavy atom. The summed E-state index contributed by atoms with van der Waals surface area (Å²) in [5, 5.41) is 11.1. The highest BCUT2D eigenvalue weighted by Gasteiger charge is 2.35. The summed E-state index contributed by atoms with van der Waals surface area (Å²) in [6.07, 6.45) is 0. The molecule has 0 aliphatic heterocycles. The van der Waals surface area contributed by atoms with Gasteiger partial charge in [0, 0.05) is 36.2 Å². The first-order chi connectivity index (χ1) is 17.5. The molecule has 2 unspecified atom stereocenters. The van der Waals surface area contributed by atoms with E-state index in [9.17, 15) is 0 Å². The van der Waals surface area contributed by atoms with Gasteiger partial charge in [0.1, 0.15) is 5.40 Å². The van der Waals surface area contributed by atoms with E-state index in [1.807, 2.05) is 34.8 Å². The van der Waals surface area contributed by atoms with E-state index in [2.05, 4.69) is 86.8 Å². The summed E-state index contributed by atoms with van der Waals surface area (Å²) in [6.45, 7) is 6.86. The molecule has 0 bridgehead atoms. The van der Waals surface area contributed by atoms with Gasteiger partial charge in [-0.3, -0.25) is 0 Å². The average molecular weight is 518 g/mol. The van der Waals surface area contributed by atoms with Crippen molar-refractivity contribution in [1.82, 2.24) is 0 Å². The van der Waals surface area contributed by atoms with Crippen LogP contribution >= 0.6 is 34.4 Å². The number of benzene rings is 3. The zero-order valence-corrected chi connectivity index (χ0v) is 22.7. The molecule has 4 heteroatoms. The normalized spacial score (nSPS) is 16.8. The Morgan fingerprint density at radius 3 is 1.61 bits per heavy atom. The molecule has 0 saturated carbocycles. The first-order valence-electron chi connectivity index (χ1n) is 12.2. The number of thiocyanates is 1. The molecule has 0 amide bonds. The standard InChI is InChI=1S/C32H23NS3/c1-17-4-6-20(7-5-17)29-14-25-18(2)23-13-28-24(12-27(23)31(25)35-29)19(3)26-15-30(36-32(26)28)21-8-10-22(11-9-21)34-16-33/h4-15,18-19H,1-3H3. The molecule has 2 heterocycles. The van der Waals surface area contributed by atoms with Gasteiger partial charge in [-0.05, 0) is 99.6 Å². The molecule has 174 valence electrons. The van der Waals surface area contributed by atoms with Crippen molar-refractivity contribution in [3.05, 3.63) is 101 Å². The third-order valence-electron chi connectivity index (χ3n) is 7.74. The van der Waals surface area contributed by atoms with Crippen molar-refractivity contribution in [2.45, 2.75) is 37.5 Å². The monoisotopic (exact) mass is 517 g/mol. The number of hydrogen-bond acceptors (Lipinski definition) is 4. The molecule has 2 atom stereocenters. The largest absolute Gasteiger partial charge is 0.185 e. The number of fused-ring (bicyclic) bond motifs is 6. The minimum atomic E-state index is 0.398. The molecule has 5 aromatic rings. The van der Waals surface area contributed by atoms with E-state index in [1.54, 1.807) is 0 Å². The van der Waals surface area contributed by atoms with Gasteiger partial charge in [0.05, 0.1) is 0 Å². The smallest absolute Gasteiger partial charge is 0.138 e. The summed E-state index contributed by atoms with van der Waals surface area (Å²) in [6, 6.07) is 27.1. The molecule has 36 heavy (non-hydrogen) atoms. The van der Waals surface area contributed by atoms with Crippen LogP contribution in [0.3, 0.4) is 0 Å². The van der Waals surface area contributed by atoms with Gasteiger partial charge < -0.3 is 0 Å². The van der Waals surface area contributed by atoms with E-state index < -0.39 is 0 Å². The third-order valence-corrected chi connectivity index (χ3v) is 10.8. The zero-order chi connectivity index (χ0) is 24.6. The lowest BCUT2D eigenvalue weighted by molar-refractivity contribution is 0.945. The van der Waals surface area contributed by atoms with E-state index in [-0.39, 0.29) is 0 Å². The van der Waals surface area contributed by atoms with Crippen molar-refractivity contribution < 1.29 is 0 Å². The number of nitrogens with zero attached hydrogens (tertiary/aromatic N) is 1. The van der Waals surface area contributed by atoms with Crippen LogP contribution in [-0.4, -0.2) is 0 Å².